The Morgan fingerprint density at radius 2 is 1.53 bits per heavy atom. The number of rotatable bonds is 4. The molecule has 2 aromatic carbocycles. The fourth-order valence-electron chi connectivity index (χ4n) is 1.90. The first-order chi connectivity index (χ1) is 9.18. The van der Waals surface area contributed by atoms with Crippen LogP contribution in [0.25, 0.3) is 0 Å². The molecule has 0 saturated carbocycles. The van der Waals surface area contributed by atoms with Crippen LogP contribution in [0.4, 0.5) is 0 Å². The van der Waals surface area contributed by atoms with E-state index in [0.29, 0.717) is 5.56 Å². The highest BCUT2D eigenvalue weighted by Gasteiger charge is 2.18. The van der Waals surface area contributed by atoms with Gasteiger partial charge in [0.15, 0.2) is 0 Å². The molecule has 19 heavy (non-hydrogen) atoms. The molecule has 2 atom stereocenters. The minimum absolute atomic E-state index is 0.178. The summed E-state index contributed by atoms with van der Waals surface area (Å²) in [7, 11) is 0. The fraction of sp³-hybridized carbons (Fsp3) is 0.188. The molecule has 1 amide bonds. The Morgan fingerprint density at radius 1 is 1.00 bits per heavy atom. The molecule has 2 rings (SSSR count). The van der Waals surface area contributed by atoms with E-state index in [0.717, 1.165) is 5.56 Å². The number of nitrogens with one attached hydrogen (secondary N) is 1. The summed E-state index contributed by atoms with van der Waals surface area (Å²) in [5.41, 5.74) is 1.39. The Hall–Kier alpha value is -2.13. The van der Waals surface area contributed by atoms with E-state index in [-0.39, 0.29) is 11.9 Å². The fourth-order valence-corrected chi connectivity index (χ4v) is 1.90. The van der Waals surface area contributed by atoms with E-state index in [1.807, 2.05) is 48.5 Å². The molecule has 0 aliphatic carbocycles. The first-order valence-corrected chi connectivity index (χ1v) is 6.27. The molecule has 98 valence electrons. The summed E-state index contributed by atoms with van der Waals surface area (Å²) in [6.07, 6.45) is -0.714. The second kappa shape index (κ2) is 6.16. The Labute approximate surface area is 112 Å². The molecule has 0 bridgehead atoms. The molecule has 0 unspecified atom stereocenters. The number of aliphatic hydroxyl groups excluding tert-OH is 1. The van der Waals surface area contributed by atoms with Gasteiger partial charge in [0.1, 0.15) is 0 Å². The predicted octanol–water partition coefficient (Wildman–Crippen LogP) is 2.54. The summed E-state index contributed by atoms with van der Waals surface area (Å²) in [5, 5.41) is 13.0. The molecule has 2 N–H and O–H groups in total. The largest absolute Gasteiger partial charge is 0.386 e. The van der Waals surface area contributed by atoms with Crippen molar-refractivity contribution in [3.8, 4) is 0 Å². The van der Waals surface area contributed by atoms with Crippen molar-refractivity contribution in [3.05, 3.63) is 71.8 Å². The highest BCUT2D eigenvalue weighted by molar-refractivity contribution is 5.94. The molecule has 0 heterocycles. The average Bonchev–Trinajstić information content (AvgIpc) is 2.48. The van der Waals surface area contributed by atoms with Crippen LogP contribution in [0, 0.1) is 0 Å². The van der Waals surface area contributed by atoms with Crippen LogP contribution < -0.4 is 5.32 Å². The van der Waals surface area contributed by atoms with Crippen molar-refractivity contribution in [1.29, 1.82) is 0 Å². The standard InChI is InChI=1S/C16H17NO2/c1-12(15(18)13-8-4-2-5-9-13)17-16(19)14-10-6-3-7-11-14/h2-12,15,18H,1H3,(H,17,19)/t12-,15+/m1/s1. The van der Waals surface area contributed by atoms with Gasteiger partial charge in [-0.2, -0.15) is 0 Å². The van der Waals surface area contributed by atoms with Crippen LogP contribution in [0.2, 0.25) is 0 Å². The number of benzene rings is 2. The number of hydrogen-bond acceptors (Lipinski definition) is 2. The average molecular weight is 255 g/mol. The lowest BCUT2D eigenvalue weighted by molar-refractivity contribution is 0.0852. The lowest BCUT2D eigenvalue weighted by Crippen LogP contribution is -2.37. The molecule has 0 spiro atoms. The molecular formula is C16H17NO2. The van der Waals surface area contributed by atoms with Crippen LogP contribution in [0.3, 0.4) is 0 Å². The summed E-state index contributed by atoms with van der Waals surface area (Å²) >= 11 is 0. The van der Waals surface area contributed by atoms with Crippen molar-refractivity contribution < 1.29 is 9.90 Å². The maximum atomic E-state index is 12.0. The second-order valence-electron chi connectivity index (χ2n) is 4.48. The van der Waals surface area contributed by atoms with Crippen LogP contribution in [0.1, 0.15) is 28.9 Å². The minimum Gasteiger partial charge on any atom is -0.386 e. The summed E-state index contributed by atoms with van der Waals surface area (Å²) < 4.78 is 0. The zero-order valence-electron chi connectivity index (χ0n) is 10.8. The van der Waals surface area contributed by atoms with Crippen molar-refractivity contribution in [2.24, 2.45) is 0 Å². The molecular weight excluding hydrogens is 238 g/mol. The number of aliphatic hydroxyl groups is 1. The SMILES string of the molecule is C[C@@H](NC(=O)c1ccccc1)[C@H](O)c1ccccc1. The van der Waals surface area contributed by atoms with Gasteiger partial charge >= 0.3 is 0 Å². The third-order valence-corrected chi connectivity index (χ3v) is 3.01. The molecule has 0 aromatic heterocycles. The highest BCUT2D eigenvalue weighted by atomic mass is 16.3. The molecule has 0 radical (unpaired) electrons. The van der Waals surface area contributed by atoms with Gasteiger partial charge in [-0.1, -0.05) is 48.5 Å². The predicted molar refractivity (Wildman–Crippen MR) is 74.8 cm³/mol. The second-order valence-corrected chi connectivity index (χ2v) is 4.48. The summed E-state index contributed by atoms with van der Waals surface area (Å²) in [4.78, 5) is 12.0. The van der Waals surface area contributed by atoms with Crippen molar-refractivity contribution in [1.82, 2.24) is 5.32 Å². The topological polar surface area (TPSA) is 49.3 Å². The van der Waals surface area contributed by atoms with E-state index in [4.69, 9.17) is 0 Å². The zero-order valence-corrected chi connectivity index (χ0v) is 10.8. The number of amides is 1. The third kappa shape index (κ3) is 3.42. The summed E-state index contributed by atoms with van der Waals surface area (Å²) in [6.45, 7) is 1.79. The minimum atomic E-state index is -0.714. The van der Waals surface area contributed by atoms with Gasteiger partial charge in [-0.3, -0.25) is 4.79 Å². The van der Waals surface area contributed by atoms with E-state index < -0.39 is 6.10 Å². The zero-order chi connectivity index (χ0) is 13.7. The smallest absolute Gasteiger partial charge is 0.251 e. The number of hydrogen-bond donors (Lipinski definition) is 2. The quantitative estimate of drug-likeness (QED) is 0.882. The van der Waals surface area contributed by atoms with E-state index in [1.54, 1.807) is 19.1 Å². The maximum absolute atomic E-state index is 12.0. The maximum Gasteiger partial charge on any atom is 0.251 e. The first-order valence-electron chi connectivity index (χ1n) is 6.27. The van der Waals surface area contributed by atoms with E-state index in [1.165, 1.54) is 0 Å². The van der Waals surface area contributed by atoms with Gasteiger partial charge in [0.2, 0.25) is 0 Å². The summed E-state index contributed by atoms with van der Waals surface area (Å²) in [6, 6.07) is 17.9. The van der Waals surface area contributed by atoms with Gasteiger partial charge in [0.05, 0.1) is 12.1 Å². The molecule has 0 aliphatic rings. The van der Waals surface area contributed by atoms with Crippen LogP contribution in [0.15, 0.2) is 60.7 Å². The Balaban J connectivity index is 2.02. The monoisotopic (exact) mass is 255 g/mol. The van der Waals surface area contributed by atoms with E-state index in [9.17, 15) is 9.90 Å². The van der Waals surface area contributed by atoms with Crippen LogP contribution in [0.5, 0.6) is 0 Å². The van der Waals surface area contributed by atoms with Crippen molar-refractivity contribution in [3.63, 3.8) is 0 Å². The number of carbonyl (C=O) groups is 1. The van der Waals surface area contributed by atoms with Gasteiger partial charge < -0.3 is 10.4 Å². The van der Waals surface area contributed by atoms with Crippen molar-refractivity contribution in [2.75, 3.05) is 0 Å². The molecule has 0 fully saturated rings. The van der Waals surface area contributed by atoms with Gasteiger partial charge in [-0.05, 0) is 24.6 Å². The molecule has 3 nitrogen and oxygen atoms in total. The molecule has 2 aromatic rings. The van der Waals surface area contributed by atoms with Crippen LogP contribution in [-0.2, 0) is 0 Å². The molecule has 3 heteroatoms. The van der Waals surface area contributed by atoms with Gasteiger partial charge in [-0.15, -0.1) is 0 Å². The van der Waals surface area contributed by atoms with Crippen LogP contribution in [-0.4, -0.2) is 17.1 Å². The molecule has 0 saturated heterocycles. The first kappa shape index (κ1) is 13.3. The van der Waals surface area contributed by atoms with Crippen molar-refractivity contribution >= 4 is 5.91 Å². The third-order valence-electron chi connectivity index (χ3n) is 3.01. The lowest BCUT2D eigenvalue weighted by atomic mass is 10.0. The van der Waals surface area contributed by atoms with Crippen molar-refractivity contribution in [2.45, 2.75) is 19.1 Å². The molecule has 0 aliphatic heterocycles. The Bertz CT molecular complexity index is 525. The normalized spacial score (nSPS) is 13.6. The number of carbonyl (C=O) groups excluding carboxylic acids is 1. The van der Waals surface area contributed by atoms with Gasteiger partial charge in [0, 0.05) is 5.56 Å². The Kier molecular flexibility index (Phi) is 4.31. The van der Waals surface area contributed by atoms with Crippen LogP contribution >= 0.6 is 0 Å². The van der Waals surface area contributed by atoms with E-state index in [2.05, 4.69) is 5.32 Å². The lowest BCUT2D eigenvalue weighted by Gasteiger charge is -2.20. The van der Waals surface area contributed by atoms with Gasteiger partial charge in [-0.25, -0.2) is 0 Å². The van der Waals surface area contributed by atoms with E-state index >= 15 is 0 Å². The van der Waals surface area contributed by atoms with Gasteiger partial charge in [0.25, 0.3) is 5.91 Å². The Morgan fingerprint density at radius 3 is 2.11 bits per heavy atom. The summed E-state index contributed by atoms with van der Waals surface area (Å²) in [5.74, 6) is -0.178. The highest BCUT2D eigenvalue weighted by Crippen LogP contribution is 2.16.